The van der Waals surface area contributed by atoms with Gasteiger partial charge in [0.25, 0.3) is 0 Å². The van der Waals surface area contributed by atoms with Crippen molar-refractivity contribution in [1.29, 1.82) is 0 Å². The summed E-state index contributed by atoms with van der Waals surface area (Å²) in [6.45, 7) is 4.26. The zero-order valence-corrected chi connectivity index (χ0v) is 12.5. The molecular weight excluding hydrogens is 272 g/mol. The van der Waals surface area contributed by atoms with Gasteiger partial charge in [-0.2, -0.15) is 0 Å². The molecule has 1 N–H and O–H groups in total. The Morgan fingerprint density at radius 1 is 1.35 bits per heavy atom. The second-order valence-electron chi connectivity index (χ2n) is 4.60. The van der Waals surface area contributed by atoms with Gasteiger partial charge >= 0.3 is 5.97 Å². The third kappa shape index (κ3) is 3.02. The minimum Gasteiger partial charge on any atom is -0.507 e. The van der Waals surface area contributed by atoms with E-state index in [1.54, 1.807) is 17.4 Å². The normalized spacial score (nSPS) is 10.5. The lowest BCUT2D eigenvalue weighted by Gasteiger charge is -2.12. The van der Waals surface area contributed by atoms with Gasteiger partial charge in [-0.05, 0) is 48.1 Å². The molecular formula is C16H18O3S. The molecule has 0 unspecified atom stereocenters. The van der Waals surface area contributed by atoms with Crippen LogP contribution in [0.2, 0.25) is 0 Å². The average Bonchev–Trinajstić information content (AvgIpc) is 2.93. The standard InChI is InChI=1S/C16H18O3S/c1-3-4-9-19-16(18)15-11(2)12(7-8-13(15)17)14-6-5-10-20-14/h5-8,10,17H,3-4,9H2,1-2H3. The molecule has 20 heavy (non-hydrogen) atoms. The number of phenols is 1. The minimum absolute atomic E-state index is 0.0238. The van der Waals surface area contributed by atoms with Crippen LogP contribution in [-0.2, 0) is 4.74 Å². The highest BCUT2D eigenvalue weighted by atomic mass is 32.1. The quantitative estimate of drug-likeness (QED) is 0.656. The van der Waals surface area contributed by atoms with E-state index >= 15 is 0 Å². The van der Waals surface area contributed by atoms with Gasteiger partial charge in [0, 0.05) is 4.88 Å². The third-order valence-corrected chi connectivity index (χ3v) is 4.07. The number of carbonyl (C=O) groups is 1. The van der Waals surface area contributed by atoms with Crippen molar-refractivity contribution < 1.29 is 14.6 Å². The number of hydrogen-bond acceptors (Lipinski definition) is 4. The fourth-order valence-corrected chi connectivity index (χ4v) is 2.84. The predicted molar refractivity (Wildman–Crippen MR) is 81.3 cm³/mol. The Morgan fingerprint density at radius 2 is 2.15 bits per heavy atom. The van der Waals surface area contributed by atoms with Crippen molar-refractivity contribution in [3.05, 3.63) is 40.8 Å². The number of rotatable bonds is 5. The minimum atomic E-state index is -0.452. The molecule has 1 aromatic heterocycles. The summed E-state index contributed by atoms with van der Waals surface area (Å²) >= 11 is 1.60. The van der Waals surface area contributed by atoms with Crippen LogP contribution >= 0.6 is 11.3 Å². The highest BCUT2D eigenvalue weighted by molar-refractivity contribution is 7.13. The van der Waals surface area contributed by atoms with Gasteiger partial charge in [-0.15, -0.1) is 11.3 Å². The van der Waals surface area contributed by atoms with Crippen LogP contribution < -0.4 is 0 Å². The number of unbranched alkanes of at least 4 members (excludes halogenated alkanes) is 1. The molecule has 1 heterocycles. The molecule has 1 aromatic carbocycles. The van der Waals surface area contributed by atoms with E-state index < -0.39 is 5.97 Å². The maximum Gasteiger partial charge on any atom is 0.342 e. The maximum absolute atomic E-state index is 12.1. The number of esters is 1. The molecule has 0 spiro atoms. The van der Waals surface area contributed by atoms with Gasteiger partial charge < -0.3 is 9.84 Å². The van der Waals surface area contributed by atoms with Gasteiger partial charge in [-0.1, -0.05) is 19.4 Å². The lowest BCUT2D eigenvalue weighted by Crippen LogP contribution is -2.09. The zero-order chi connectivity index (χ0) is 14.5. The summed E-state index contributed by atoms with van der Waals surface area (Å²) in [5, 5.41) is 11.9. The maximum atomic E-state index is 12.1. The molecule has 2 aromatic rings. The molecule has 0 aliphatic rings. The molecule has 4 heteroatoms. The summed E-state index contributed by atoms with van der Waals surface area (Å²) in [6, 6.07) is 7.35. The van der Waals surface area contributed by atoms with Crippen molar-refractivity contribution >= 4 is 17.3 Å². The highest BCUT2D eigenvalue weighted by Gasteiger charge is 2.19. The number of aromatic hydroxyl groups is 1. The van der Waals surface area contributed by atoms with E-state index in [9.17, 15) is 9.90 Å². The molecule has 106 valence electrons. The largest absolute Gasteiger partial charge is 0.507 e. The summed E-state index contributed by atoms with van der Waals surface area (Å²) in [5.74, 6) is -0.476. The Morgan fingerprint density at radius 3 is 2.80 bits per heavy atom. The second-order valence-corrected chi connectivity index (χ2v) is 5.55. The smallest absolute Gasteiger partial charge is 0.342 e. The van der Waals surface area contributed by atoms with E-state index in [1.807, 2.05) is 37.4 Å². The highest BCUT2D eigenvalue weighted by Crippen LogP contribution is 2.33. The molecule has 0 radical (unpaired) electrons. The van der Waals surface area contributed by atoms with E-state index in [0.717, 1.165) is 28.8 Å². The number of benzene rings is 1. The van der Waals surface area contributed by atoms with E-state index in [0.29, 0.717) is 6.61 Å². The van der Waals surface area contributed by atoms with Crippen molar-refractivity contribution in [3.8, 4) is 16.2 Å². The van der Waals surface area contributed by atoms with Gasteiger partial charge in [0.15, 0.2) is 0 Å². The van der Waals surface area contributed by atoms with E-state index in [1.165, 1.54) is 0 Å². The van der Waals surface area contributed by atoms with Crippen LogP contribution in [0.3, 0.4) is 0 Å². The molecule has 0 aliphatic heterocycles. The fraction of sp³-hybridized carbons (Fsp3) is 0.312. The summed E-state index contributed by atoms with van der Waals surface area (Å²) in [5.41, 5.74) is 1.99. The van der Waals surface area contributed by atoms with Crippen molar-refractivity contribution in [2.75, 3.05) is 6.61 Å². The SMILES string of the molecule is CCCCOC(=O)c1c(O)ccc(-c2cccs2)c1C. The van der Waals surface area contributed by atoms with E-state index in [-0.39, 0.29) is 11.3 Å². The van der Waals surface area contributed by atoms with Gasteiger partial charge in [0.2, 0.25) is 0 Å². The molecule has 0 aliphatic carbocycles. The van der Waals surface area contributed by atoms with Gasteiger partial charge in [-0.25, -0.2) is 4.79 Å². The number of hydrogen-bond donors (Lipinski definition) is 1. The summed E-state index contributed by atoms with van der Waals surface area (Å²) < 4.78 is 5.21. The molecule has 0 amide bonds. The number of thiophene rings is 1. The van der Waals surface area contributed by atoms with Gasteiger partial charge in [0.1, 0.15) is 11.3 Å². The first kappa shape index (κ1) is 14.6. The van der Waals surface area contributed by atoms with Crippen LogP contribution in [0.4, 0.5) is 0 Å². The first-order chi connectivity index (χ1) is 9.65. The van der Waals surface area contributed by atoms with Crippen LogP contribution in [-0.4, -0.2) is 17.7 Å². The number of phenolic OH excluding ortho intramolecular Hbond substituents is 1. The summed E-state index contributed by atoms with van der Waals surface area (Å²) in [6.07, 6.45) is 1.80. The van der Waals surface area contributed by atoms with Crippen LogP contribution in [0.1, 0.15) is 35.7 Å². The molecule has 0 saturated carbocycles. The number of carbonyl (C=O) groups excluding carboxylic acids is 1. The predicted octanol–water partition coefficient (Wildman–Crippen LogP) is 4.39. The lowest BCUT2D eigenvalue weighted by molar-refractivity contribution is 0.0495. The van der Waals surface area contributed by atoms with Crippen molar-refractivity contribution in [2.45, 2.75) is 26.7 Å². The van der Waals surface area contributed by atoms with Crippen molar-refractivity contribution in [2.24, 2.45) is 0 Å². The topological polar surface area (TPSA) is 46.5 Å². The lowest BCUT2D eigenvalue weighted by atomic mass is 10.00. The first-order valence-corrected chi connectivity index (χ1v) is 7.56. The summed E-state index contributed by atoms with van der Waals surface area (Å²) in [7, 11) is 0. The Balaban J connectivity index is 2.33. The van der Waals surface area contributed by atoms with Crippen molar-refractivity contribution in [1.82, 2.24) is 0 Å². The van der Waals surface area contributed by atoms with Crippen molar-refractivity contribution in [3.63, 3.8) is 0 Å². The molecule has 0 saturated heterocycles. The molecule has 3 nitrogen and oxygen atoms in total. The van der Waals surface area contributed by atoms with E-state index in [4.69, 9.17) is 4.74 Å². The molecule has 0 fully saturated rings. The van der Waals surface area contributed by atoms with Gasteiger partial charge in [-0.3, -0.25) is 0 Å². The third-order valence-electron chi connectivity index (χ3n) is 3.16. The Labute approximate surface area is 122 Å². The van der Waals surface area contributed by atoms with Crippen LogP contribution in [0.5, 0.6) is 5.75 Å². The molecule has 2 rings (SSSR count). The number of ether oxygens (including phenoxy) is 1. The van der Waals surface area contributed by atoms with Crippen LogP contribution in [0.15, 0.2) is 29.6 Å². The molecule has 0 atom stereocenters. The zero-order valence-electron chi connectivity index (χ0n) is 11.7. The Bertz CT molecular complexity index is 588. The first-order valence-electron chi connectivity index (χ1n) is 6.68. The fourth-order valence-electron chi connectivity index (χ4n) is 2.04. The monoisotopic (exact) mass is 290 g/mol. The van der Waals surface area contributed by atoms with Gasteiger partial charge in [0.05, 0.1) is 6.61 Å². The van der Waals surface area contributed by atoms with E-state index in [2.05, 4.69) is 0 Å². The second kappa shape index (κ2) is 6.57. The Kier molecular flexibility index (Phi) is 4.79. The summed E-state index contributed by atoms with van der Waals surface area (Å²) in [4.78, 5) is 13.2. The van der Waals surface area contributed by atoms with Crippen LogP contribution in [0, 0.1) is 6.92 Å². The molecule has 0 bridgehead atoms. The Hall–Kier alpha value is -1.81. The average molecular weight is 290 g/mol. The van der Waals surface area contributed by atoms with Crippen LogP contribution in [0.25, 0.3) is 10.4 Å².